The Kier molecular flexibility index (Phi) is 4.93. The summed E-state index contributed by atoms with van der Waals surface area (Å²) >= 11 is 0. The number of aliphatic imine (C=N–C) groups is 2. The van der Waals surface area contributed by atoms with E-state index in [0.29, 0.717) is 12.4 Å². The quantitative estimate of drug-likeness (QED) is 0.510. The number of unbranched alkanes of at least 4 members (excludes halogenated alkanes) is 1. The van der Waals surface area contributed by atoms with E-state index in [4.69, 9.17) is 5.73 Å². The van der Waals surface area contributed by atoms with Gasteiger partial charge >= 0.3 is 0 Å². The van der Waals surface area contributed by atoms with Crippen molar-refractivity contribution >= 4 is 12.2 Å². The highest BCUT2D eigenvalue weighted by Crippen LogP contribution is 2.19. The molecule has 0 amide bonds. The number of hydrogen-bond donors (Lipinski definition) is 4. The number of nitrogens with one attached hydrogen (secondary N) is 2. The van der Waals surface area contributed by atoms with Crippen LogP contribution in [0.25, 0.3) is 0 Å². The third kappa shape index (κ3) is 3.33. The molecule has 0 spiro atoms. The minimum atomic E-state index is -0.00924. The van der Waals surface area contributed by atoms with E-state index in [0.717, 1.165) is 24.8 Å². The maximum atomic E-state index is 9.33. The van der Waals surface area contributed by atoms with Crippen LogP contribution in [-0.2, 0) is 0 Å². The van der Waals surface area contributed by atoms with Crippen LogP contribution in [0.1, 0.15) is 26.2 Å². The fraction of sp³-hybridized carbons (Fsp3) is 0.692. The molecule has 2 unspecified atom stereocenters. The zero-order valence-electron chi connectivity index (χ0n) is 11.3. The van der Waals surface area contributed by atoms with E-state index < -0.39 is 0 Å². The normalized spacial score (nSPS) is 26.4. The summed E-state index contributed by atoms with van der Waals surface area (Å²) in [4.78, 5) is 8.37. The van der Waals surface area contributed by atoms with Crippen LogP contribution in [0.2, 0.25) is 0 Å². The fourth-order valence-corrected chi connectivity index (χ4v) is 2.39. The van der Waals surface area contributed by atoms with Crippen molar-refractivity contribution in [3.63, 3.8) is 0 Å². The molecule has 2 heterocycles. The van der Waals surface area contributed by atoms with Crippen molar-refractivity contribution in [1.82, 2.24) is 10.6 Å². The zero-order valence-corrected chi connectivity index (χ0v) is 11.3. The number of rotatable bonds is 7. The summed E-state index contributed by atoms with van der Waals surface area (Å²) in [5.74, 6) is 0.580. The molecule has 0 aromatic heterocycles. The number of hydrogen-bond acceptors (Lipinski definition) is 6. The molecule has 5 N–H and O–H groups in total. The molecule has 106 valence electrons. The minimum absolute atomic E-state index is 0.00924. The molecule has 0 saturated heterocycles. The number of aliphatic hydroxyl groups excluding tert-OH is 1. The molecular weight excluding hydrogens is 242 g/mol. The van der Waals surface area contributed by atoms with Crippen molar-refractivity contribution in [2.75, 3.05) is 13.2 Å². The van der Waals surface area contributed by atoms with Crippen molar-refractivity contribution in [2.45, 2.75) is 44.3 Å². The predicted octanol–water partition coefficient (Wildman–Crippen LogP) is -0.249. The van der Waals surface area contributed by atoms with Crippen LogP contribution < -0.4 is 16.4 Å². The standard InChI is InChI=1S/C13H23N5O/c1-2-3-4-10(7-19)15-5-9-6-16-12-11(9)17-8-18-13(12)14/h6,8,10-12,15-16,19H,2-5,7H2,1H3,(H2,14,17,18)/t10-,11?,12?/m1/s1. The molecule has 2 aliphatic rings. The maximum Gasteiger partial charge on any atom is 0.126 e. The predicted molar refractivity (Wildman–Crippen MR) is 77.3 cm³/mol. The van der Waals surface area contributed by atoms with Crippen molar-refractivity contribution < 1.29 is 5.11 Å². The van der Waals surface area contributed by atoms with Gasteiger partial charge in [-0.15, -0.1) is 0 Å². The zero-order chi connectivity index (χ0) is 13.7. The summed E-state index contributed by atoms with van der Waals surface area (Å²) < 4.78 is 0. The van der Waals surface area contributed by atoms with Gasteiger partial charge in [0.1, 0.15) is 24.3 Å². The first-order valence-electron chi connectivity index (χ1n) is 6.90. The van der Waals surface area contributed by atoms with Gasteiger partial charge in [0.05, 0.1) is 6.61 Å². The lowest BCUT2D eigenvalue weighted by atomic mass is 10.0. The Labute approximate surface area is 113 Å². The number of fused-ring (bicyclic) bond motifs is 1. The first kappa shape index (κ1) is 14.0. The second-order valence-corrected chi connectivity index (χ2v) is 5.03. The molecule has 0 aliphatic carbocycles. The number of amidine groups is 1. The van der Waals surface area contributed by atoms with Crippen LogP contribution in [-0.4, -0.2) is 48.6 Å². The molecule has 3 atom stereocenters. The molecule has 0 radical (unpaired) electrons. The summed E-state index contributed by atoms with van der Waals surface area (Å²) in [6.45, 7) is 3.04. The fourth-order valence-electron chi connectivity index (χ4n) is 2.39. The Morgan fingerprint density at radius 1 is 1.58 bits per heavy atom. The molecule has 2 aliphatic heterocycles. The van der Waals surface area contributed by atoms with E-state index in [9.17, 15) is 5.11 Å². The van der Waals surface area contributed by atoms with Crippen LogP contribution >= 0.6 is 0 Å². The average molecular weight is 265 g/mol. The molecule has 0 fully saturated rings. The summed E-state index contributed by atoms with van der Waals surface area (Å²) in [7, 11) is 0. The highest BCUT2D eigenvalue weighted by molar-refractivity contribution is 5.95. The Balaban J connectivity index is 1.84. The summed E-state index contributed by atoms with van der Waals surface area (Å²) in [6, 6.07) is 0.180. The molecule has 6 nitrogen and oxygen atoms in total. The Bertz CT molecular complexity index is 390. The van der Waals surface area contributed by atoms with Gasteiger partial charge in [-0.2, -0.15) is 0 Å². The van der Waals surface area contributed by atoms with E-state index in [-0.39, 0.29) is 24.7 Å². The van der Waals surface area contributed by atoms with Gasteiger partial charge < -0.3 is 21.5 Å². The van der Waals surface area contributed by atoms with Gasteiger partial charge in [0.25, 0.3) is 0 Å². The van der Waals surface area contributed by atoms with Gasteiger partial charge in [-0.05, 0) is 18.2 Å². The lowest BCUT2D eigenvalue weighted by Crippen LogP contribution is -2.46. The van der Waals surface area contributed by atoms with Gasteiger partial charge in [0, 0.05) is 12.6 Å². The third-order valence-electron chi connectivity index (χ3n) is 3.62. The molecule has 6 heteroatoms. The van der Waals surface area contributed by atoms with Crippen LogP contribution in [0.3, 0.4) is 0 Å². The van der Waals surface area contributed by atoms with Gasteiger partial charge in [-0.3, -0.25) is 4.99 Å². The van der Waals surface area contributed by atoms with E-state index in [1.807, 2.05) is 6.20 Å². The molecule has 2 rings (SSSR count). The molecule has 0 saturated carbocycles. The largest absolute Gasteiger partial charge is 0.395 e. The summed E-state index contributed by atoms with van der Waals surface area (Å²) in [5, 5.41) is 15.9. The topological polar surface area (TPSA) is 95.0 Å². The highest BCUT2D eigenvalue weighted by Gasteiger charge is 2.33. The average Bonchev–Trinajstić information content (AvgIpc) is 2.84. The van der Waals surface area contributed by atoms with Gasteiger partial charge in [-0.25, -0.2) is 4.99 Å². The van der Waals surface area contributed by atoms with Crippen LogP contribution in [0.4, 0.5) is 0 Å². The van der Waals surface area contributed by atoms with Crippen molar-refractivity contribution in [3.05, 3.63) is 11.8 Å². The van der Waals surface area contributed by atoms with E-state index >= 15 is 0 Å². The summed E-state index contributed by atoms with van der Waals surface area (Å²) in [6.07, 6.45) is 6.75. The number of nitrogens with zero attached hydrogens (tertiary/aromatic N) is 2. The van der Waals surface area contributed by atoms with E-state index in [1.165, 1.54) is 6.34 Å². The molecule has 0 bridgehead atoms. The first-order valence-corrected chi connectivity index (χ1v) is 6.90. The first-order chi connectivity index (χ1) is 9.26. The lowest BCUT2D eigenvalue weighted by molar-refractivity contribution is 0.236. The lowest BCUT2D eigenvalue weighted by Gasteiger charge is -2.22. The van der Waals surface area contributed by atoms with E-state index in [1.54, 1.807) is 0 Å². The van der Waals surface area contributed by atoms with E-state index in [2.05, 4.69) is 27.5 Å². The second kappa shape index (κ2) is 6.68. The highest BCUT2D eigenvalue weighted by atomic mass is 16.3. The minimum Gasteiger partial charge on any atom is -0.395 e. The molecule has 0 aromatic rings. The Morgan fingerprint density at radius 2 is 2.42 bits per heavy atom. The van der Waals surface area contributed by atoms with Crippen molar-refractivity contribution in [3.8, 4) is 0 Å². The Morgan fingerprint density at radius 3 is 3.16 bits per heavy atom. The third-order valence-corrected chi connectivity index (χ3v) is 3.62. The number of aliphatic hydroxyl groups is 1. The second-order valence-electron chi connectivity index (χ2n) is 5.03. The van der Waals surface area contributed by atoms with Gasteiger partial charge in [0.15, 0.2) is 0 Å². The van der Waals surface area contributed by atoms with Gasteiger partial charge in [-0.1, -0.05) is 19.8 Å². The van der Waals surface area contributed by atoms with Crippen LogP contribution in [0.5, 0.6) is 0 Å². The molecule has 0 aromatic carbocycles. The SMILES string of the molecule is CCCC[C@H](CO)NCC1=CNC2C(N)=NC=NC12. The smallest absolute Gasteiger partial charge is 0.126 e. The van der Waals surface area contributed by atoms with Gasteiger partial charge in [0.2, 0.25) is 0 Å². The molecular formula is C13H23N5O. The van der Waals surface area contributed by atoms with Crippen molar-refractivity contribution in [2.24, 2.45) is 15.7 Å². The molecule has 19 heavy (non-hydrogen) atoms. The number of nitrogens with two attached hydrogens (primary N) is 1. The maximum absolute atomic E-state index is 9.33. The van der Waals surface area contributed by atoms with Crippen LogP contribution in [0.15, 0.2) is 21.8 Å². The Hall–Kier alpha value is -1.40. The van der Waals surface area contributed by atoms with Crippen LogP contribution in [0, 0.1) is 0 Å². The summed E-state index contributed by atoms with van der Waals surface area (Å²) in [5.41, 5.74) is 6.99. The van der Waals surface area contributed by atoms with Crippen molar-refractivity contribution in [1.29, 1.82) is 0 Å². The monoisotopic (exact) mass is 265 g/mol.